The second-order valence-corrected chi connectivity index (χ2v) is 8.02. The van der Waals surface area contributed by atoms with Gasteiger partial charge in [0.2, 0.25) is 5.13 Å². The second-order valence-electron chi connectivity index (χ2n) is 7.29. The van der Waals surface area contributed by atoms with E-state index in [1.54, 1.807) is 0 Å². The van der Waals surface area contributed by atoms with Crippen molar-refractivity contribution in [2.24, 2.45) is 4.99 Å². The molecule has 0 spiro atoms. The summed E-state index contributed by atoms with van der Waals surface area (Å²) >= 11 is 1.50. The standard InChI is InChI=1S/C21H30N6O2S/c1-3-18-24-21(30-25-18)27-11-9-26(10-12-27)20(22-4-2)23-15-16-7-5-8-17-19(16)29-14-6-13-28-17/h5,7-8H,3-4,6,9-15H2,1-2H3,(H,22,23). The molecule has 0 saturated carbocycles. The minimum atomic E-state index is 0.561. The number of ether oxygens (including phenoxy) is 2. The largest absolute Gasteiger partial charge is 0.490 e. The first-order valence-electron chi connectivity index (χ1n) is 10.8. The molecule has 1 N–H and O–H groups in total. The number of aryl methyl sites for hydroxylation is 1. The molecule has 1 saturated heterocycles. The molecular formula is C21H30N6O2S. The number of nitrogens with zero attached hydrogens (tertiary/aromatic N) is 5. The van der Waals surface area contributed by atoms with Crippen LogP contribution in [-0.2, 0) is 13.0 Å². The van der Waals surface area contributed by atoms with E-state index >= 15 is 0 Å². The molecule has 1 fully saturated rings. The van der Waals surface area contributed by atoms with E-state index in [9.17, 15) is 0 Å². The molecule has 0 radical (unpaired) electrons. The highest BCUT2D eigenvalue weighted by molar-refractivity contribution is 7.09. The Morgan fingerprint density at radius 3 is 2.77 bits per heavy atom. The summed E-state index contributed by atoms with van der Waals surface area (Å²) < 4.78 is 16.2. The van der Waals surface area contributed by atoms with Crippen LogP contribution in [0.1, 0.15) is 31.7 Å². The van der Waals surface area contributed by atoms with Crippen molar-refractivity contribution in [1.82, 2.24) is 19.6 Å². The van der Waals surface area contributed by atoms with Gasteiger partial charge in [-0.05, 0) is 13.0 Å². The zero-order chi connectivity index (χ0) is 20.8. The van der Waals surface area contributed by atoms with Gasteiger partial charge < -0.3 is 24.6 Å². The average Bonchev–Trinajstić information content (AvgIpc) is 3.14. The van der Waals surface area contributed by atoms with Crippen molar-refractivity contribution in [3.63, 3.8) is 0 Å². The van der Waals surface area contributed by atoms with Gasteiger partial charge in [-0.15, -0.1) is 0 Å². The number of hydrogen-bond acceptors (Lipinski definition) is 7. The zero-order valence-electron chi connectivity index (χ0n) is 17.8. The van der Waals surface area contributed by atoms with Gasteiger partial charge in [-0.3, -0.25) is 0 Å². The lowest BCUT2D eigenvalue weighted by atomic mass is 10.2. The van der Waals surface area contributed by atoms with Crippen molar-refractivity contribution >= 4 is 22.6 Å². The monoisotopic (exact) mass is 430 g/mol. The van der Waals surface area contributed by atoms with Crippen LogP contribution >= 0.6 is 11.5 Å². The maximum Gasteiger partial charge on any atom is 0.205 e. The topological polar surface area (TPSA) is 75.1 Å². The number of rotatable bonds is 5. The van der Waals surface area contributed by atoms with Gasteiger partial charge in [0.1, 0.15) is 5.82 Å². The number of nitrogens with one attached hydrogen (secondary N) is 1. The molecule has 1 aromatic heterocycles. The van der Waals surface area contributed by atoms with E-state index in [1.165, 1.54) is 11.5 Å². The van der Waals surface area contributed by atoms with Crippen LogP contribution in [0.2, 0.25) is 0 Å². The summed E-state index contributed by atoms with van der Waals surface area (Å²) in [6.07, 6.45) is 1.78. The van der Waals surface area contributed by atoms with Crippen LogP contribution in [0.5, 0.6) is 11.5 Å². The number of aliphatic imine (C=N–C) groups is 1. The van der Waals surface area contributed by atoms with Crippen molar-refractivity contribution in [2.75, 3.05) is 50.8 Å². The van der Waals surface area contributed by atoms with E-state index in [0.29, 0.717) is 19.8 Å². The van der Waals surface area contributed by atoms with Crippen LogP contribution in [0.25, 0.3) is 0 Å². The summed E-state index contributed by atoms with van der Waals surface area (Å²) in [5.74, 6) is 3.53. The van der Waals surface area contributed by atoms with E-state index in [4.69, 9.17) is 14.5 Å². The minimum Gasteiger partial charge on any atom is -0.490 e. The Kier molecular flexibility index (Phi) is 6.88. The molecule has 1 aromatic carbocycles. The van der Waals surface area contributed by atoms with Gasteiger partial charge in [0.05, 0.1) is 19.8 Å². The van der Waals surface area contributed by atoms with Crippen molar-refractivity contribution in [3.8, 4) is 11.5 Å². The molecule has 2 aromatic rings. The third kappa shape index (κ3) is 4.77. The van der Waals surface area contributed by atoms with Crippen LogP contribution in [0, 0.1) is 0 Å². The van der Waals surface area contributed by atoms with Crippen molar-refractivity contribution < 1.29 is 9.47 Å². The fourth-order valence-electron chi connectivity index (χ4n) is 3.59. The van der Waals surface area contributed by atoms with Crippen LogP contribution in [0.3, 0.4) is 0 Å². The Bertz CT molecular complexity index is 863. The second kappa shape index (κ2) is 9.97. The van der Waals surface area contributed by atoms with E-state index < -0.39 is 0 Å². The van der Waals surface area contributed by atoms with Gasteiger partial charge >= 0.3 is 0 Å². The molecule has 2 aliphatic heterocycles. The highest BCUT2D eigenvalue weighted by Gasteiger charge is 2.22. The van der Waals surface area contributed by atoms with E-state index in [0.717, 1.165) is 79.5 Å². The van der Waals surface area contributed by atoms with Crippen LogP contribution in [0.4, 0.5) is 5.13 Å². The number of para-hydroxylation sites is 1. The Labute approximate surface area is 182 Å². The number of benzene rings is 1. The number of piperazine rings is 1. The summed E-state index contributed by atoms with van der Waals surface area (Å²) in [6.45, 7) is 10.6. The lowest BCUT2D eigenvalue weighted by Crippen LogP contribution is -2.52. The quantitative estimate of drug-likeness (QED) is 0.577. The Morgan fingerprint density at radius 2 is 2.00 bits per heavy atom. The normalized spacial score (nSPS) is 17.1. The SMILES string of the molecule is CCNC(=NCc1cccc2c1OCCCO2)N1CCN(c2nc(CC)ns2)CC1. The van der Waals surface area contributed by atoms with Gasteiger partial charge in [0, 0.05) is 62.7 Å². The smallest absolute Gasteiger partial charge is 0.205 e. The molecule has 2 aliphatic rings. The predicted octanol–water partition coefficient (Wildman–Crippen LogP) is 2.55. The Balaban J connectivity index is 1.42. The van der Waals surface area contributed by atoms with Crippen molar-refractivity contribution in [3.05, 3.63) is 29.6 Å². The van der Waals surface area contributed by atoms with Gasteiger partial charge in [-0.25, -0.2) is 9.98 Å². The number of aromatic nitrogens is 2. The molecule has 162 valence electrons. The van der Waals surface area contributed by atoms with Crippen LogP contribution < -0.4 is 19.7 Å². The fourth-order valence-corrected chi connectivity index (χ4v) is 4.39. The summed E-state index contributed by atoms with van der Waals surface area (Å²) in [6, 6.07) is 6.05. The minimum absolute atomic E-state index is 0.561. The molecule has 4 rings (SSSR count). The first kappa shape index (κ1) is 20.7. The molecule has 3 heterocycles. The number of fused-ring (bicyclic) bond motifs is 1. The molecule has 9 heteroatoms. The third-order valence-electron chi connectivity index (χ3n) is 5.21. The molecule has 0 atom stereocenters. The van der Waals surface area contributed by atoms with Gasteiger partial charge in [0.25, 0.3) is 0 Å². The Hall–Kier alpha value is -2.55. The molecular weight excluding hydrogens is 400 g/mol. The number of guanidine groups is 1. The highest BCUT2D eigenvalue weighted by Crippen LogP contribution is 2.33. The molecule has 8 nitrogen and oxygen atoms in total. The van der Waals surface area contributed by atoms with E-state index in [-0.39, 0.29) is 0 Å². The maximum atomic E-state index is 5.94. The van der Waals surface area contributed by atoms with Gasteiger partial charge in [0.15, 0.2) is 17.5 Å². The highest BCUT2D eigenvalue weighted by atomic mass is 32.1. The summed E-state index contributed by atoms with van der Waals surface area (Å²) in [5.41, 5.74) is 1.06. The lowest BCUT2D eigenvalue weighted by Gasteiger charge is -2.36. The molecule has 0 bridgehead atoms. The van der Waals surface area contributed by atoms with Crippen molar-refractivity contribution in [1.29, 1.82) is 0 Å². The molecule has 30 heavy (non-hydrogen) atoms. The fraction of sp³-hybridized carbons (Fsp3) is 0.571. The van der Waals surface area contributed by atoms with Crippen molar-refractivity contribution in [2.45, 2.75) is 33.2 Å². The zero-order valence-corrected chi connectivity index (χ0v) is 18.6. The first-order chi connectivity index (χ1) is 14.8. The summed E-state index contributed by atoms with van der Waals surface area (Å²) in [7, 11) is 0. The van der Waals surface area contributed by atoms with E-state index in [2.05, 4.69) is 44.4 Å². The van der Waals surface area contributed by atoms with Gasteiger partial charge in [-0.2, -0.15) is 4.37 Å². The molecule has 0 unspecified atom stereocenters. The Morgan fingerprint density at radius 1 is 1.17 bits per heavy atom. The van der Waals surface area contributed by atoms with E-state index in [1.807, 2.05) is 12.1 Å². The lowest BCUT2D eigenvalue weighted by molar-refractivity contribution is 0.296. The third-order valence-corrected chi connectivity index (χ3v) is 6.03. The first-order valence-corrected chi connectivity index (χ1v) is 11.5. The predicted molar refractivity (Wildman–Crippen MR) is 120 cm³/mol. The van der Waals surface area contributed by atoms with Crippen LogP contribution in [0.15, 0.2) is 23.2 Å². The van der Waals surface area contributed by atoms with Gasteiger partial charge in [-0.1, -0.05) is 19.1 Å². The average molecular weight is 431 g/mol. The number of hydrogen-bond donors (Lipinski definition) is 1. The summed E-state index contributed by atoms with van der Waals surface area (Å²) in [5, 5.41) is 4.47. The maximum absolute atomic E-state index is 5.94. The summed E-state index contributed by atoms with van der Waals surface area (Å²) in [4.78, 5) is 14.2. The van der Waals surface area contributed by atoms with Crippen LogP contribution in [-0.4, -0.2) is 66.2 Å². The molecule has 0 amide bonds. The number of anilines is 1. The molecule has 0 aliphatic carbocycles.